The quantitative estimate of drug-likeness (QED) is 0.319. The number of aromatic nitrogens is 1. The van der Waals surface area contributed by atoms with Gasteiger partial charge in [0.15, 0.2) is 6.20 Å². The molecule has 0 spiro atoms. The van der Waals surface area contributed by atoms with E-state index in [1.807, 2.05) is 43.4 Å². The van der Waals surface area contributed by atoms with Crippen LogP contribution in [0.3, 0.4) is 0 Å². The lowest BCUT2D eigenvalue weighted by molar-refractivity contribution is -0.660. The van der Waals surface area contributed by atoms with Gasteiger partial charge in [0.2, 0.25) is 5.69 Å². The van der Waals surface area contributed by atoms with E-state index in [4.69, 9.17) is 4.42 Å². The number of fused-ring (bicyclic) bond motifs is 3. The van der Waals surface area contributed by atoms with E-state index in [0.29, 0.717) is 11.1 Å². The normalized spacial score (nSPS) is 11.4. The van der Waals surface area contributed by atoms with Crippen molar-refractivity contribution in [3.63, 3.8) is 0 Å². The largest absolute Gasteiger partial charge is 0.454 e. The number of benzene rings is 3. The third-order valence-electron chi connectivity index (χ3n) is 5.59. The van der Waals surface area contributed by atoms with Crippen LogP contribution < -0.4 is 4.57 Å². The molecule has 2 aromatic heterocycles. The van der Waals surface area contributed by atoms with Gasteiger partial charge < -0.3 is 4.42 Å². The van der Waals surface area contributed by atoms with Gasteiger partial charge in [0.25, 0.3) is 0 Å². The summed E-state index contributed by atoms with van der Waals surface area (Å²) in [5, 5.41) is 1.93. The zero-order valence-electron chi connectivity index (χ0n) is 16.7. The molecule has 0 N–H and O–H groups in total. The van der Waals surface area contributed by atoms with Crippen LogP contribution >= 0.6 is 0 Å². The Hall–Kier alpha value is -3.46. The van der Waals surface area contributed by atoms with Crippen molar-refractivity contribution in [2.45, 2.75) is 13.8 Å². The number of hydrogen-bond acceptors (Lipinski definition) is 1. The summed E-state index contributed by atoms with van der Waals surface area (Å²) in [6, 6.07) is 21.4. The first kappa shape index (κ1) is 17.6. The Balaban J connectivity index is 1.91. The average molecular weight is 382 g/mol. The SMILES string of the molecule is Cc1cc[n+](C)c(-c2c(C)ccc3c2oc2c(-c4ccccc4)c(F)ccc23)c1. The smallest absolute Gasteiger partial charge is 0.216 e. The van der Waals surface area contributed by atoms with Gasteiger partial charge in [-0.1, -0.05) is 42.5 Å². The van der Waals surface area contributed by atoms with Crippen molar-refractivity contribution < 1.29 is 13.4 Å². The summed E-state index contributed by atoms with van der Waals surface area (Å²) < 4.78 is 23.4. The topological polar surface area (TPSA) is 17.0 Å². The van der Waals surface area contributed by atoms with Crippen LogP contribution in [0.4, 0.5) is 4.39 Å². The Morgan fingerprint density at radius 2 is 1.48 bits per heavy atom. The van der Waals surface area contributed by atoms with Gasteiger partial charge in [-0.25, -0.2) is 8.96 Å². The van der Waals surface area contributed by atoms with Crippen molar-refractivity contribution in [1.82, 2.24) is 0 Å². The molecule has 5 rings (SSSR count). The number of aryl methyl sites for hydroxylation is 3. The maximum Gasteiger partial charge on any atom is 0.216 e. The predicted octanol–water partition coefficient (Wildman–Crippen LogP) is 6.50. The minimum absolute atomic E-state index is 0.276. The molecular formula is C26H21FNO+. The zero-order chi connectivity index (χ0) is 20.1. The summed E-state index contributed by atoms with van der Waals surface area (Å²) in [4.78, 5) is 0. The van der Waals surface area contributed by atoms with Gasteiger partial charge in [-0.05, 0) is 42.7 Å². The molecule has 0 radical (unpaired) electrons. The van der Waals surface area contributed by atoms with Gasteiger partial charge in [0.1, 0.15) is 24.0 Å². The summed E-state index contributed by atoms with van der Waals surface area (Å²) in [5.41, 5.74) is 7.14. The first-order chi connectivity index (χ1) is 14.0. The number of rotatable bonds is 2. The first-order valence-electron chi connectivity index (χ1n) is 9.71. The predicted molar refractivity (Wildman–Crippen MR) is 115 cm³/mol. The van der Waals surface area contributed by atoms with Crippen LogP contribution in [-0.4, -0.2) is 0 Å². The van der Waals surface area contributed by atoms with Crippen molar-refractivity contribution in [3.05, 3.63) is 89.9 Å². The highest BCUT2D eigenvalue weighted by molar-refractivity contribution is 6.13. The van der Waals surface area contributed by atoms with E-state index in [1.165, 1.54) is 11.6 Å². The van der Waals surface area contributed by atoms with E-state index >= 15 is 0 Å². The Morgan fingerprint density at radius 1 is 0.793 bits per heavy atom. The molecule has 3 aromatic carbocycles. The molecule has 0 saturated carbocycles. The molecule has 0 amide bonds. The Morgan fingerprint density at radius 3 is 2.24 bits per heavy atom. The highest BCUT2D eigenvalue weighted by Crippen LogP contribution is 2.41. The fraction of sp³-hybridized carbons (Fsp3) is 0.115. The molecule has 0 atom stereocenters. The number of pyridine rings is 1. The van der Waals surface area contributed by atoms with Crippen LogP contribution in [0, 0.1) is 19.7 Å². The second kappa shape index (κ2) is 6.56. The molecule has 5 aromatic rings. The molecule has 0 fully saturated rings. The van der Waals surface area contributed by atoms with E-state index < -0.39 is 0 Å². The highest BCUT2D eigenvalue weighted by atomic mass is 19.1. The fourth-order valence-corrected chi connectivity index (χ4v) is 4.09. The Labute approximate surface area is 168 Å². The summed E-state index contributed by atoms with van der Waals surface area (Å²) in [7, 11) is 2.03. The molecule has 0 saturated heterocycles. The summed E-state index contributed by atoms with van der Waals surface area (Å²) in [6.45, 7) is 4.17. The molecule has 0 aliphatic carbocycles. The van der Waals surface area contributed by atoms with E-state index in [9.17, 15) is 4.39 Å². The van der Waals surface area contributed by atoms with Crippen molar-refractivity contribution in [2.75, 3.05) is 0 Å². The second-order valence-corrected chi connectivity index (χ2v) is 7.60. The lowest BCUT2D eigenvalue weighted by atomic mass is 9.98. The summed E-state index contributed by atoms with van der Waals surface area (Å²) in [5.74, 6) is -0.276. The van der Waals surface area contributed by atoms with Crippen LogP contribution in [0.2, 0.25) is 0 Å². The third kappa shape index (κ3) is 2.73. The van der Waals surface area contributed by atoms with Gasteiger partial charge in [-0.2, -0.15) is 0 Å². The number of halogens is 1. The summed E-state index contributed by atoms with van der Waals surface area (Å²) in [6.07, 6.45) is 2.06. The molecule has 0 aliphatic heterocycles. The molecule has 29 heavy (non-hydrogen) atoms. The van der Waals surface area contributed by atoms with Crippen molar-refractivity contribution >= 4 is 21.9 Å². The standard InChI is InChI=1S/C26H21FNO/c1-16-13-14-28(3)22(15-16)23-17(2)9-10-19-20-11-12-21(27)24(26(20)29-25(19)23)18-7-5-4-6-8-18/h4-15H,1-3H3/q+1. The molecule has 3 heteroatoms. The van der Waals surface area contributed by atoms with Crippen molar-refractivity contribution in [3.8, 4) is 22.4 Å². The zero-order valence-corrected chi connectivity index (χ0v) is 16.7. The second-order valence-electron chi connectivity index (χ2n) is 7.60. The molecule has 2 nitrogen and oxygen atoms in total. The Kier molecular flexibility index (Phi) is 3.99. The molecule has 0 aliphatic rings. The number of furan rings is 1. The minimum atomic E-state index is -0.276. The highest BCUT2D eigenvalue weighted by Gasteiger charge is 2.23. The van der Waals surface area contributed by atoms with Crippen LogP contribution in [-0.2, 0) is 7.05 Å². The number of hydrogen-bond donors (Lipinski definition) is 0. The molecule has 2 heterocycles. The lowest BCUT2D eigenvalue weighted by Gasteiger charge is -2.06. The van der Waals surface area contributed by atoms with Crippen LogP contribution in [0.25, 0.3) is 44.3 Å². The monoisotopic (exact) mass is 382 g/mol. The van der Waals surface area contributed by atoms with E-state index in [1.54, 1.807) is 0 Å². The Bertz CT molecular complexity index is 1380. The molecule has 0 unspecified atom stereocenters. The molecule has 0 bridgehead atoms. The van der Waals surface area contributed by atoms with Crippen LogP contribution in [0.5, 0.6) is 0 Å². The van der Waals surface area contributed by atoms with Gasteiger partial charge in [0.05, 0.1) is 11.1 Å². The molecule has 142 valence electrons. The van der Waals surface area contributed by atoms with Crippen LogP contribution in [0.15, 0.2) is 77.3 Å². The van der Waals surface area contributed by atoms with Crippen LogP contribution in [0.1, 0.15) is 11.1 Å². The average Bonchev–Trinajstić information content (AvgIpc) is 3.09. The van der Waals surface area contributed by atoms with E-state index in [2.05, 4.69) is 48.9 Å². The summed E-state index contributed by atoms with van der Waals surface area (Å²) >= 11 is 0. The van der Waals surface area contributed by atoms with Crippen molar-refractivity contribution in [1.29, 1.82) is 0 Å². The fourth-order valence-electron chi connectivity index (χ4n) is 4.09. The van der Waals surface area contributed by atoms with E-state index in [0.717, 1.165) is 38.7 Å². The van der Waals surface area contributed by atoms with Gasteiger partial charge in [0, 0.05) is 22.9 Å². The third-order valence-corrected chi connectivity index (χ3v) is 5.59. The molecular weight excluding hydrogens is 361 g/mol. The first-order valence-corrected chi connectivity index (χ1v) is 9.71. The van der Waals surface area contributed by atoms with Gasteiger partial charge in [-0.3, -0.25) is 0 Å². The van der Waals surface area contributed by atoms with Gasteiger partial charge >= 0.3 is 0 Å². The minimum Gasteiger partial charge on any atom is -0.454 e. The maximum atomic E-state index is 14.9. The maximum absolute atomic E-state index is 14.9. The van der Waals surface area contributed by atoms with E-state index in [-0.39, 0.29) is 5.82 Å². The van der Waals surface area contributed by atoms with Gasteiger partial charge in [-0.15, -0.1) is 0 Å². The lowest BCUT2D eigenvalue weighted by Crippen LogP contribution is -2.30. The van der Waals surface area contributed by atoms with Crippen molar-refractivity contribution in [2.24, 2.45) is 7.05 Å². The number of nitrogens with zero attached hydrogens (tertiary/aromatic N) is 1.